The lowest BCUT2D eigenvalue weighted by Crippen LogP contribution is -2.15. The number of anilines is 1. The van der Waals surface area contributed by atoms with Crippen LogP contribution in [0, 0.1) is 0 Å². The topological polar surface area (TPSA) is 83.8 Å². The zero-order chi connectivity index (χ0) is 17.2. The first-order valence-corrected chi connectivity index (χ1v) is 8.76. The summed E-state index contributed by atoms with van der Waals surface area (Å²) < 4.78 is 0. The van der Waals surface area contributed by atoms with Gasteiger partial charge in [0.1, 0.15) is 0 Å². The number of fused-ring (bicyclic) bond motifs is 1. The second-order valence-electron chi connectivity index (χ2n) is 6.84. The van der Waals surface area contributed by atoms with Crippen LogP contribution in [0.4, 0.5) is 5.82 Å². The molecule has 1 heterocycles. The molecule has 1 amide bonds. The third-order valence-electron chi connectivity index (χ3n) is 5.01. The van der Waals surface area contributed by atoms with Crippen molar-refractivity contribution in [2.75, 3.05) is 5.32 Å². The number of amides is 1. The van der Waals surface area contributed by atoms with Gasteiger partial charge in [0.05, 0.1) is 6.42 Å². The SMILES string of the molecule is NC1CCC(c2cc(NC(=O)Cc3cccc4ccccc34)n[nH]2)C1. The quantitative estimate of drug-likeness (QED) is 0.684. The number of carbonyl (C=O) groups excluding carboxylic acids is 1. The minimum atomic E-state index is -0.0578. The van der Waals surface area contributed by atoms with Crippen LogP contribution in [0.25, 0.3) is 10.8 Å². The second kappa shape index (κ2) is 6.69. The van der Waals surface area contributed by atoms with Crippen molar-refractivity contribution in [3.63, 3.8) is 0 Å². The van der Waals surface area contributed by atoms with E-state index in [-0.39, 0.29) is 11.9 Å². The van der Waals surface area contributed by atoms with Gasteiger partial charge in [0, 0.05) is 23.7 Å². The van der Waals surface area contributed by atoms with Crippen molar-refractivity contribution in [3.8, 4) is 0 Å². The van der Waals surface area contributed by atoms with E-state index in [1.807, 2.05) is 36.4 Å². The fraction of sp³-hybridized carbons (Fsp3) is 0.300. The smallest absolute Gasteiger partial charge is 0.230 e. The molecule has 0 aliphatic heterocycles. The van der Waals surface area contributed by atoms with E-state index in [0.717, 1.165) is 41.3 Å². The van der Waals surface area contributed by atoms with Crippen molar-refractivity contribution in [3.05, 3.63) is 59.8 Å². The molecule has 1 aromatic heterocycles. The van der Waals surface area contributed by atoms with E-state index in [9.17, 15) is 4.79 Å². The maximum Gasteiger partial charge on any atom is 0.230 e. The number of nitrogens with two attached hydrogens (primary N) is 1. The van der Waals surface area contributed by atoms with E-state index >= 15 is 0 Å². The van der Waals surface area contributed by atoms with E-state index in [0.29, 0.717) is 18.2 Å². The Morgan fingerprint density at radius 1 is 1.20 bits per heavy atom. The second-order valence-corrected chi connectivity index (χ2v) is 6.84. The average Bonchev–Trinajstić information content (AvgIpc) is 3.24. The highest BCUT2D eigenvalue weighted by Crippen LogP contribution is 2.33. The van der Waals surface area contributed by atoms with Crippen LogP contribution in [-0.2, 0) is 11.2 Å². The first kappa shape index (κ1) is 15.8. The van der Waals surface area contributed by atoms with Crippen molar-refractivity contribution in [1.82, 2.24) is 10.2 Å². The number of nitrogens with zero attached hydrogens (tertiary/aromatic N) is 1. The third kappa shape index (κ3) is 3.42. The standard InChI is InChI=1S/C20H22N4O/c21-16-9-8-15(10-16)18-12-19(24-23-18)22-20(25)11-14-6-3-5-13-4-1-2-7-17(13)14/h1-7,12,15-16H,8-11,21H2,(H2,22,23,24,25). The molecule has 2 aromatic carbocycles. The van der Waals surface area contributed by atoms with Gasteiger partial charge >= 0.3 is 0 Å². The van der Waals surface area contributed by atoms with E-state index in [2.05, 4.69) is 27.6 Å². The van der Waals surface area contributed by atoms with Crippen LogP contribution < -0.4 is 11.1 Å². The van der Waals surface area contributed by atoms with Crippen molar-refractivity contribution in [1.29, 1.82) is 0 Å². The lowest BCUT2D eigenvalue weighted by molar-refractivity contribution is -0.115. The minimum absolute atomic E-state index is 0.0578. The molecule has 5 heteroatoms. The van der Waals surface area contributed by atoms with E-state index in [4.69, 9.17) is 5.73 Å². The van der Waals surface area contributed by atoms with Crippen LogP contribution in [0.15, 0.2) is 48.5 Å². The van der Waals surface area contributed by atoms with Crippen molar-refractivity contribution < 1.29 is 4.79 Å². The van der Waals surface area contributed by atoms with Crippen LogP contribution >= 0.6 is 0 Å². The van der Waals surface area contributed by atoms with Crippen LogP contribution in [0.3, 0.4) is 0 Å². The monoisotopic (exact) mass is 334 g/mol. The van der Waals surface area contributed by atoms with Crippen LogP contribution in [-0.4, -0.2) is 22.1 Å². The van der Waals surface area contributed by atoms with Gasteiger partial charge < -0.3 is 11.1 Å². The van der Waals surface area contributed by atoms with Crippen LogP contribution in [0.1, 0.15) is 36.4 Å². The lowest BCUT2D eigenvalue weighted by Gasteiger charge is -2.06. The molecule has 3 aromatic rings. The number of H-pyrrole nitrogens is 1. The van der Waals surface area contributed by atoms with Crippen LogP contribution in [0.5, 0.6) is 0 Å². The molecular formula is C20H22N4O. The number of aromatic nitrogens is 2. The Kier molecular flexibility index (Phi) is 4.24. The molecule has 4 N–H and O–H groups in total. The van der Waals surface area contributed by atoms with Gasteiger partial charge in [-0.15, -0.1) is 0 Å². The summed E-state index contributed by atoms with van der Waals surface area (Å²) in [6, 6.07) is 16.4. The summed E-state index contributed by atoms with van der Waals surface area (Å²) in [5, 5.41) is 12.4. The number of benzene rings is 2. The predicted octanol–water partition coefficient (Wildman–Crippen LogP) is 3.34. The summed E-state index contributed by atoms with van der Waals surface area (Å²) in [6.45, 7) is 0. The van der Waals surface area contributed by atoms with E-state index < -0.39 is 0 Å². The first-order valence-electron chi connectivity index (χ1n) is 8.76. The molecule has 0 saturated heterocycles. The van der Waals surface area contributed by atoms with Gasteiger partial charge in [0.25, 0.3) is 0 Å². The number of nitrogens with one attached hydrogen (secondary N) is 2. The van der Waals surface area contributed by atoms with Gasteiger partial charge in [-0.25, -0.2) is 0 Å². The summed E-state index contributed by atoms with van der Waals surface area (Å²) in [4.78, 5) is 12.4. The third-order valence-corrected chi connectivity index (χ3v) is 5.01. The highest BCUT2D eigenvalue weighted by molar-refractivity contribution is 5.95. The molecule has 1 saturated carbocycles. The Bertz CT molecular complexity index is 896. The van der Waals surface area contributed by atoms with Gasteiger partial charge in [0.2, 0.25) is 5.91 Å². The fourth-order valence-corrected chi connectivity index (χ4v) is 3.72. The maximum atomic E-state index is 12.4. The zero-order valence-corrected chi connectivity index (χ0v) is 14.0. The molecule has 4 rings (SSSR count). The molecule has 1 aliphatic rings. The first-order chi connectivity index (χ1) is 12.2. The van der Waals surface area contributed by atoms with Crippen molar-refractivity contribution >= 4 is 22.5 Å². The van der Waals surface area contributed by atoms with Gasteiger partial charge in [-0.1, -0.05) is 42.5 Å². The largest absolute Gasteiger partial charge is 0.328 e. The summed E-state index contributed by atoms with van der Waals surface area (Å²) >= 11 is 0. The summed E-state index contributed by atoms with van der Waals surface area (Å²) in [5.41, 5.74) is 8.06. The highest BCUT2D eigenvalue weighted by atomic mass is 16.1. The number of carbonyl (C=O) groups is 1. The number of rotatable bonds is 4. The Morgan fingerprint density at radius 3 is 2.88 bits per heavy atom. The summed E-state index contributed by atoms with van der Waals surface area (Å²) in [7, 11) is 0. The predicted molar refractivity (Wildman–Crippen MR) is 99.4 cm³/mol. The molecule has 0 bridgehead atoms. The number of hydrogen-bond acceptors (Lipinski definition) is 3. The van der Waals surface area contributed by atoms with Gasteiger partial charge in [-0.05, 0) is 35.6 Å². The molecule has 1 aliphatic carbocycles. The zero-order valence-electron chi connectivity index (χ0n) is 14.0. The van der Waals surface area contributed by atoms with Gasteiger partial charge in [-0.2, -0.15) is 5.10 Å². The molecule has 5 nitrogen and oxygen atoms in total. The van der Waals surface area contributed by atoms with Gasteiger partial charge in [0.15, 0.2) is 5.82 Å². The Labute approximate surface area is 146 Å². The van der Waals surface area contributed by atoms with Crippen molar-refractivity contribution in [2.24, 2.45) is 5.73 Å². The van der Waals surface area contributed by atoms with E-state index in [1.54, 1.807) is 0 Å². The molecule has 0 spiro atoms. The highest BCUT2D eigenvalue weighted by Gasteiger charge is 2.24. The average molecular weight is 334 g/mol. The molecule has 128 valence electrons. The summed E-state index contributed by atoms with van der Waals surface area (Å²) in [5.74, 6) is 0.949. The molecule has 2 atom stereocenters. The Hall–Kier alpha value is -2.66. The molecule has 1 fully saturated rings. The lowest BCUT2D eigenvalue weighted by atomic mass is 10.0. The number of hydrogen-bond donors (Lipinski definition) is 3. The maximum absolute atomic E-state index is 12.4. The van der Waals surface area contributed by atoms with E-state index in [1.165, 1.54) is 0 Å². The normalized spacial score (nSPS) is 20.0. The Morgan fingerprint density at radius 2 is 2.04 bits per heavy atom. The number of aromatic amines is 1. The molecule has 2 unspecified atom stereocenters. The molecule has 25 heavy (non-hydrogen) atoms. The van der Waals surface area contributed by atoms with Crippen molar-refractivity contribution in [2.45, 2.75) is 37.6 Å². The van der Waals surface area contributed by atoms with Crippen LogP contribution in [0.2, 0.25) is 0 Å². The molecular weight excluding hydrogens is 312 g/mol. The Balaban J connectivity index is 1.45. The fourth-order valence-electron chi connectivity index (χ4n) is 3.72. The minimum Gasteiger partial charge on any atom is -0.328 e. The molecule has 0 radical (unpaired) electrons. The van der Waals surface area contributed by atoms with Gasteiger partial charge in [-0.3, -0.25) is 9.89 Å². The summed E-state index contributed by atoms with van der Waals surface area (Å²) in [6.07, 6.45) is 3.43.